The smallest absolute Gasteiger partial charge is 0.251 e. The summed E-state index contributed by atoms with van der Waals surface area (Å²) < 4.78 is 32.3. The Morgan fingerprint density at radius 1 is 1.21 bits per heavy atom. The van der Waals surface area contributed by atoms with Crippen LogP contribution in [0.4, 0.5) is 0 Å². The van der Waals surface area contributed by atoms with E-state index >= 15 is 0 Å². The van der Waals surface area contributed by atoms with Crippen LogP contribution in [0, 0.1) is 6.92 Å². The molecule has 3 rings (SSSR count). The number of carbonyl (C=O) groups is 1. The Hall–Kier alpha value is -3.47. The summed E-state index contributed by atoms with van der Waals surface area (Å²) in [6, 6.07) is 8.93. The van der Waals surface area contributed by atoms with Gasteiger partial charge in [0, 0.05) is 38.0 Å². The lowest BCUT2D eigenvalue weighted by Gasteiger charge is -2.14. The summed E-state index contributed by atoms with van der Waals surface area (Å²) in [6.45, 7) is 3.26. The number of aryl methyl sites for hydroxylation is 3. The van der Waals surface area contributed by atoms with E-state index in [9.17, 15) is 18.0 Å². The minimum absolute atomic E-state index is 0.0601. The molecule has 2 aromatic heterocycles. The lowest BCUT2D eigenvalue weighted by atomic mass is 10.0. The number of pyridine rings is 1. The number of aromatic nitrogens is 4. The van der Waals surface area contributed by atoms with Gasteiger partial charge in [-0.05, 0) is 48.2 Å². The number of nitrogens with two attached hydrogens (primary N) is 1. The van der Waals surface area contributed by atoms with Crippen molar-refractivity contribution >= 4 is 15.7 Å². The molecular formula is C22H27N5O5S. The van der Waals surface area contributed by atoms with E-state index in [2.05, 4.69) is 10.1 Å². The molecule has 1 aromatic carbocycles. The van der Waals surface area contributed by atoms with Crippen molar-refractivity contribution in [3.8, 4) is 16.9 Å². The molecule has 176 valence electrons. The van der Waals surface area contributed by atoms with Gasteiger partial charge in [0.1, 0.15) is 23.7 Å². The van der Waals surface area contributed by atoms with Crippen molar-refractivity contribution < 1.29 is 17.9 Å². The summed E-state index contributed by atoms with van der Waals surface area (Å²) >= 11 is 0. The van der Waals surface area contributed by atoms with Crippen LogP contribution in [-0.2, 0) is 27.7 Å². The fourth-order valence-electron chi connectivity index (χ4n) is 3.50. The summed E-state index contributed by atoms with van der Waals surface area (Å²) in [5.74, 6) is -0.181. The van der Waals surface area contributed by atoms with Gasteiger partial charge in [0.15, 0.2) is 9.84 Å². The number of primary amides is 1. The first kappa shape index (κ1) is 24.2. The zero-order valence-corrected chi connectivity index (χ0v) is 19.4. The number of rotatable bonds is 11. The molecule has 0 aliphatic heterocycles. The summed E-state index contributed by atoms with van der Waals surface area (Å²) in [5.41, 5.74) is 7.48. The van der Waals surface area contributed by atoms with Crippen LogP contribution in [0.25, 0.3) is 11.1 Å². The van der Waals surface area contributed by atoms with Gasteiger partial charge in [-0.15, -0.1) is 0 Å². The molecule has 1 atom stereocenters. The van der Waals surface area contributed by atoms with Crippen LogP contribution in [-0.4, -0.2) is 51.8 Å². The highest BCUT2D eigenvalue weighted by Gasteiger charge is 2.26. The molecule has 1 unspecified atom stereocenters. The molecule has 0 radical (unpaired) electrons. The Morgan fingerprint density at radius 3 is 2.61 bits per heavy atom. The molecule has 0 aliphatic carbocycles. The lowest BCUT2D eigenvalue weighted by molar-refractivity contribution is -0.117. The molecule has 0 saturated heterocycles. The summed E-state index contributed by atoms with van der Waals surface area (Å²) in [5, 5.41) is 2.72. The predicted molar refractivity (Wildman–Crippen MR) is 123 cm³/mol. The van der Waals surface area contributed by atoms with Gasteiger partial charge in [0.25, 0.3) is 5.56 Å². The Morgan fingerprint density at radius 2 is 2.00 bits per heavy atom. The van der Waals surface area contributed by atoms with E-state index in [0.717, 1.165) is 41.7 Å². The highest BCUT2D eigenvalue weighted by atomic mass is 32.2. The van der Waals surface area contributed by atoms with Gasteiger partial charge in [0.05, 0.1) is 6.61 Å². The molecule has 10 nitrogen and oxygen atoms in total. The Kier molecular flexibility index (Phi) is 7.64. The van der Waals surface area contributed by atoms with Crippen molar-refractivity contribution in [2.45, 2.75) is 38.1 Å². The number of nitrogens with zero attached hydrogens (tertiary/aromatic N) is 4. The quantitative estimate of drug-likeness (QED) is 0.412. The minimum Gasteiger partial charge on any atom is -0.494 e. The third kappa shape index (κ3) is 6.51. The van der Waals surface area contributed by atoms with Gasteiger partial charge in [-0.3, -0.25) is 14.3 Å². The molecule has 0 aliphatic rings. The standard InChI is InChI=1S/C22H27N5O5S/c1-16-12-18(32-11-3-8-27-15-24-14-25-27)4-5-19(16)17-6-9-26(21(28)13-17)10-7-20(22(23)29)33(2,30)31/h4-6,9,12-15,20H,3,7-8,10-11H2,1-2H3,(H2,23,29). The molecule has 0 fully saturated rings. The topological polar surface area (TPSA) is 139 Å². The number of hydrogen-bond donors (Lipinski definition) is 1. The van der Waals surface area contributed by atoms with E-state index in [1.54, 1.807) is 23.3 Å². The van der Waals surface area contributed by atoms with Crippen LogP contribution in [0.2, 0.25) is 0 Å². The highest BCUT2D eigenvalue weighted by Crippen LogP contribution is 2.26. The largest absolute Gasteiger partial charge is 0.494 e. The average Bonchev–Trinajstić information content (AvgIpc) is 3.25. The normalized spacial score (nSPS) is 12.4. The molecule has 2 heterocycles. The second kappa shape index (κ2) is 10.4. The van der Waals surface area contributed by atoms with Crippen molar-refractivity contribution in [2.75, 3.05) is 12.9 Å². The van der Waals surface area contributed by atoms with E-state index in [0.29, 0.717) is 6.61 Å². The van der Waals surface area contributed by atoms with Crippen LogP contribution in [0.5, 0.6) is 5.75 Å². The van der Waals surface area contributed by atoms with Crippen molar-refractivity contribution in [1.29, 1.82) is 0 Å². The third-order valence-electron chi connectivity index (χ3n) is 5.24. The first-order valence-electron chi connectivity index (χ1n) is 10.4. The Bertz CT molecular complexity index is 1270. The SMILES string of the molecule is Cc1cc(OCCCn2cncn2)ccc1-c1ccn(CCC(C(N)=O)S(C)(=O)=O)c(=O)c1. The molecular weight excluding hydrogens is 446 g/mol. The minimum atomic E-state index is -3.64. The maximum Gasteiger partial charge on any atom is 0.251 e. The van der Waals surface area contributed by atoms with Gasteiger partial charge in [0.2, 0.25) is 5.91 Å². The lowest BCUT2D eigenvalue weighted by Crippen LogP contribution is -2.36. The van der Waals surface area contributed by atoms with Gasteiger partial charge in [-0.25, -0.2) is 13.4 Å². The molecule has 0 spiro atoms. The maximum absolute atomic E-state index is 12.6. The summed E-state index contributed by atoms with van der Waals surface area (Å²) in [4.78, 5) is 27.9. The van der Waals surface area contributed by atoms with Crippen LogP contribution in [0.3, 0.4) is 0 Å². The fourth-order valence-corrected chi connectivity index (χ4v) is 4.45. The zero-order chi connectivity index (χ0) is 24.0. The number of sulfone groups is 1. The van der Waals surface area contributed by atoms with Crippen LogP contribution >= 0.6 is 0 Å². The summed E-state index contributed by atoms with van der Waals surface area (Å²) in [6.07, 6.45) is 6.43. The van der Waals surface area contributed by atoms with Gasteiger partial charge in [-0.2, -0.15) is 5.10 Å². The van der Waals surface area contributed by atoms with Gasteiger partial charge in [-0.1, -0.05) is 6.07 Å². The van der Waals surface area contributed by atoms with Crippen molar-refractivity contribution in [3.05, 3.63) is 65.1 Å². The monoisotopic (exact) mass is 473 g/mol. The van der Waals surface area contributed by atoms with E-state index in [4.69, 9.17) is 10.5 Å². The zero-order valence-electron chi connectivity index (χ0n) is 18.5. The van der Waals surface area contributed by atoms with Gasteiger partial charge < -0.3 is 15.0 Å². The Labute approximate surface area is 191 Å². The van der Waals surface area contributed by atoms with Crippen LogP contribution < -0.4 is 16.0 Å². The molecule has 3 aromatic rings. The number of ether oxygens (including phenoxy) is 1. The molecule has 0 bridgehead atoms. The van der Waals surface area contributed by atoms with E-state index in [-0.39, 0.29) is 18.5 Å². The maximum atomic E-state index is 12.6. The van der Waals surface area contributed by atoms with Gasteiger partial charge >= 0.3 is 0 Å². The first-order valence-corrected chi connectivity index (χ1v) is 12.4. The number of carbonyl (C=O) groups excluding carboxylic acids is 1. The predicted octanol–water partition coefficient (Wildman–Crippen LogP) is 1.17. The molecule has 11 heteroatoms. The van der Waals surface area contributed by atoms with E-state index < -0.39 is 21.0 Å². The fraction of sp³-hybridized carbons (Fsp3) is 0.364. The van der Waals surface area contributed by atoms with Crippen molar-refractivity contribution in [2.24, 2.45) is 5.73 Å². The third-order valence-corrected chi connectivity index (χ3v) is 6.74. The van der Waals surface area contributed by atoms with Crippen LogP contribution in [0.15, 0.2) is 54.0 Å². The number of hydrogen-bond acceptors (Lipinski definition) is 7. The number of benzene rings is 1. The van der Waals surface area contributed by atoms with Crippen molar-refractivity contribution in [1.82, 2.24) is 19.3 Å². The first-order chi connectivity index (χ1) is 15.6. The second-order valence-corrected chi connectivity index (χ2v) is 10.0. The van der Waals surface area contributed by atoms with Crippen LogP contribution in [0.1, 0.15) is 18.4 Å². The summed E-state index contributed by atoms with van der Waals surface area (Å²) in [7, 11) is -3.64. The molecule has 1 amide bonds. The molecule has 0 saturated carbocycles. The van der Waals surface area contributed by atoms with Crippen molar-refractivity contribution in [3.63, 3.8) is 0 Å². The Balaban J connectivity index is 1.64. The number of amides is 1. The highest BCUT2D eigenvalue weighted by molar-refractivity contribution is 7.92. The average molecular weight is 474 g/mol. The van der Waals surface area contributed by atoms with E-state index in [1.165, 1.54) is 17.0 Å². The van der Waals surface area contributed by atoms with E-state index in [1.807, 2.05) is 25.1 Å². The molecule has 33 heavy (non-hydrogen) atoms. The molecule has 2 N–H and O–H groups in total. The second-order valence-electron chi connectivity index (χ2n) is 7.79.